The van der Waals surface area contributed by atoms with Gasteiger partial charge in [0.1, 0.15) is 6.26 Å². The second-order valence-corrected chi connectivity index (χ2v) is 4.59. The first kappa shape index (κ1) is 14.3. The van der Waals surface area contributed by atoms with Crippen molar-refractivity contribution in [3.8, 4) is 0 Å². The van der Waals surface area contributed by atoms with Gasteiger partial charge in [-0.3, -0.25) is 9.74 Å². The van der Waals surface area contributed by atoms with Crippen molar-refractivity contribution in [2.24, 2.45) is 0 Å². The molecule has 19 heavy (non-hydrogen) atoms. The van der Waals surface area contributed by atoms with Gasteiger partial charge in [0.2, 0.25) is 0 Å². The predicted molar refractivity (Wildman–Crippen MR) is 65.7 cm³/mol. The first-order valence-corrected chi connectivity index (χ1v) is 6.42. The smallest absolute Gasteiger partial charge is 0.333 e. The van der Waals surface area contributed by atoms with E-state index in [1.54, 1.807) is 0 Å². The average molecular weight is 272 g/mol. The zero-order valence-corrected chi connectivity index (χ0v) is 11.0. The van der Waals surface area contributed by atoms with Crippen LogP contribution in [-0.4, -0.2) is 56.4 Å². The van der Waals surface area contributed by atoms with E-state index in [9.17, 15) is 4.79 Å². The lowest BCUT2D eigenvalue weighted by molar-refractivity contribution is -0.143. The number of esters is 1. The van der Waals surface area contributed by atoms with Crippen LogP contribution in [0.2, 0.25) is 0 Å². The maximum absolute atomic E-state index is 10.7. The van der Waals surface area contributed by atoms with E-state index in [1.807, 2.05) is 0 Å². The number of hydrogen-bond acceptors (Lipinski definition) is 7. The predicted octanol–water partition coefficient (Wildman–Crippen LogP) is -0.0109. The SMILES string of the molecule is COC(=O)/C=C/ONOCCN1CC2CCC(C1)O2. The monoisotopic (exact) mass is 272 g/mol. The summed E-state index contributed by atoms with van der Waals surface area (Å²) in [4.78, 5) is 22.9. The number of methoxy groups -OCH3 is 1. The Morgan fingerprint density at radius 1 is 1.42 bits per heavy atom. The van der Waals surface area contributed by atoms with Crippen molar-refractivity contribution >= 4 is 5.97 Å². The second-order valence-electron chi connectivity index (χ2n) is 4.59. The number of ether oxygens (including phenoxy) is 2. The van der Waals surface area contributed by atoms with Gasteiger partial charge in [-0.15, -0.1) is 0 Å². The standard InChI is InChI=1S/C12H20N2O5/c1-16-12(15)4-6-17-13-18-7-5-14-8-10-2-3-11(9-14)19-10/h4,6,10-11,13H,2-3,5,7-9H2,1H3/b6-4+. The van der Waals surface area contributed by atoms with Crippen molar-refractivity contribution in [3.63, 3.8) is 0 Å². The van der Waals surface area contributed by atoms with E-state index in [0.29, 0.717) is 18.8 Å². The van der Waals surface area contributed by atoms with Crippen LogP contribution in [0.25, 0.3) is 0 Å². The van der Waals surface area contributed by atoms with E-state index >= 15 is 0 Å². The fourth-order valence-electron chi connectivity index (χ4n) is 2.32. The average Bonchev–Trinajstić information content (AvgIpc) is 2.76. The summed E-state index contributed by atoms with van der Waals surface area (Å²) in [7, 11) is 1.30. The molecule has 108 valence electrons. The van der Waals surface area contributed by atoms with E-state index in [4.69, 9.17) is 14.4 Å². The molecule has 0 aliphatic carbocycles. The summed E-state index contributed by atoms with van der Waals surface area (Å²) < 4.78 is 10.1. The number of nitrogens with one attached hydrogen (secondary N) is 1. The van der Waals surface area contributed by atoms with Gasteiger partial charge >= 0.3 is 5.97 Å². The van der Waals surface area contributed by atoms with E-state index < -0.39 is 5.97 Å². The molecule has 7 heteroatoms. The number of likely N-dealkylation sites (tertiary alicyclic amines) is 1. The van der Waals surface area contributed by atoms with Crippen LogP contribution in [0.4, 0.5) is 0 Å². The van der Waals surface area contributed by atoms with Crippen LogP contribution < -0.4 is 5.64 Å². The Morgan fingerprint density at radius 3 is 2.84 bits per heavy atom. The van der Waals surface area contributed by atoms with Gasteiger partial charge in [0.25, 0.3) is 0 Å². The quantitative estimate of drug-likeness (QED) is 0.230. The molecular formula is C12H20N2O5. The number of carbonyl (C=O) groups is 1. The maximum atomic E-state index is 10.7. The van der Waals surface area contributed by atoms with Crippen LogP contribution in [0.1, 0.15) is 12.8 Å². The van der Waals surface area contributed by atoms with Crippen LogP contribution >= 0.6 is 0 Å². The van der Waals surface area contributed by atoms with Crippen LogP contribution in [0.15, 0.2) is 12.3 Å². The number of rotatable bonds is 7. The minimum atomic E-state index is -0.481. The van der Waals surface area contributed by atoms with Crippen LogP contribution in [0, 0.1) is 0 Å². The molecule has 1 N–H and O–H groups in total. The number of carbonyl (C=O) groups excluding carboxylic acids is 1. The third-order valence-corrected chi connectivity index (χ3v) is 3.21. The Kier molecular flexibility index (Phi) is 5.59. The van der Waals surface area contributed by atoms with Gasteiger partial charge in [0.05, 0.1) is 32.0 Å². The Morgan fingerprint density at radius 2 is 2.16 bits per heavy atom. The minimum absolute atomic E-state index is 0.394. The van der Waals surface area contributed by atoms with E-state index in [2.05, 4.69) is 15.3 Å². The van der Waals surface area contributed by atoms with Crippen molar-refractivity contribution < 1.29 is 23.9 Å². The third-order valence-electron chi connectivity index (χ3n) is 3.21. The normalized spacial score (nSPS) is 26.8. The lowest BCUT2D eigenvalue weighted by Crippen LogP contribution is -2.44. The van der Waals surface area contributed by atoms with E-state index in [-0.39, 0.29) is 0 Å². The third kappa shape index (κ3) is 4.79. The maximum Gasteiger partial charge on any atom is 0.333 e. The van der Waals surface area contributed by atoms with Crippen LogP contribution in [0.3, 0.4) is 0 Å². The van der Waals surface area contributed by atoms with Gasteiger partial charge in [-0.05, 0) is 18.5 Å². The lowest BCUT2D eigenvalue weighted by atomic mass is 10.2. The molecule has 0 aromatic heterocycles. The summed E-state index contributed by atoms with van der Waals surface area (Å²) >= 11 is 0. The molecule has 0 aromatic rings. The largest absolute Gasteiger partial charge is 0.466 e. The number of hydrogen-bond donors (Lipinski definition) is 1. The molecule has 2 bridgehead atoms. The van der Waals surface area contributed by atoms with Gasteiger partial charge in [0, 0.05) is 19.6 Å². The molecule has 0 spiro atoms. The highest BCUT2D eigenvalue weighted by Gasteiger charge is 2.33. The fourth-order valence-corrected chi connectivity index (χ4v) is 2.32. The van der Waals surface area contributed by atoms with Crippen molar-refractivity contribution in [1.82, 2.24) is 10.5 Å². The van der Waals surface area contributed by atoms with Crippen molar-refractivity contribution in [1.29, 1.82) is 0 Å². The van der Waals surface area contributed by atoms with Gasteiger partial charge in [-0.25, -0.2) is 4.79 Å². The number of fused-ring (bicyclic) bond motifs is 2. The summed E-state index contributed by atoms with van der Waals surface area (Å²) in [6, 6.07) is 0. The van der Waals surface area contributed by atoms with Gasteiger partial charge in [0.15, 0.2) is 0 Å². The van der Waals surface area contributed by atoms with Gasteiger partial charge in [-0.2, -0.15) is 0 Å². The molecule has 2 fully saturated rings. The van der Waals surface area contributed by atoms with Crippen LogP contribution in [0.5, 0.6) is 0 Å². The summed E-state index contributed by atoms with van der Waals surface area (Å²) in [6.07, 6.45) is 5.44. The summed E-state index contributed by atoms with van der Waals surface area (Å²) in [5.41, 5.74) is 2.29. The second kappa shape index (κ2) is 7.44. The number of morpholine rings is 1. The summed E-state index contributed by atoms with van der Waals surface area (Å²) in [6.45, 7) is 3.28. The molecule has 2 atom stereocenters. The van der Waals surface area contributed by atoms with Gasteiger partial charge < -0.3 is 14.3 Å². The number of nitrogens with zero attached hydrogens (tertiary/aromatic N) is 1. The molecule has 7 nitrogen and oxygen atoms in total. The molecule has 0 amide bonds. The first-order chi connectivity index (χ1) is 9.28. The molecule has 0 aromatic carbocycles. The zero-order valence-electron chi connectivity index (χ0n) is 11.0. The molecule has 2 saturated heterocycles. The Bertz CT molecular complexity index is 311. The van der Waals surface area contributed by atoms with Crippen molar-refractivity contribution in [3.05, 3.63) is 12.3 Å². The Labute approximate surface area is 112 Å². The van der Waals surface area contributed by atoms with Crippen molar-refractivity contribution in [2.75, 3.05) is 33.4 Å². The molecule has 2 unspecified atom stereocenters. The highest BCUT2D eigenvalue weighted by atomic mass is 16.9. The van der Waals surface area contributed by atoms with Crippen LogP contribution in [-0.2, 0) is 23.9 Å². The fraction of sp³-hybridized carbons (Fsp3) is 0.750. The zero-order chi connectivity index (χ0) is 13.5. The highest BCUT2D eigenvalue weighted by molar-refractivity contribution is 5.81. The minimum Gasteiger partial charge on any atom is -0.466 e. The van der Waals surface area contributed by atoms with Gasteiger partial charge in [-0.1, -0.05) is 0 Å². The molecule has 2 aliphatic heterocycles. The summed E-state index contributed by atoms with van der Waals surface area (Å²) in [5.74, 6) is -0.481. The molecule has 2 heterocycles. The summed E-state index contributed by atoms with van der Waals surface area (Å²) in [5, 5.41) is 0. The molecule has 2 aliphatic rings. The van der Waals surface area contributed by atoms with Crippen molar-refractivity contribution in [2.45, 2.75) is 25.0 Å². The first-order valence-electron chi connectivity index (χ1n) is 6.42. The Balaban J connectivity index is 1.48. The van der Waals surface area contributed by atoms with E-state index in [0.717, 1.165) is 25.7 Å². The molecule has 2 rings (SSSR count). The Hall–Kier alpha value is -1.15. The highest BCUT2D eigenvalue weighted by Crippen LogP contribution is 2.25. The topological polar surface area (TPSA) is 69.3 Å². The molecule has 0 saturated carbocycles. The molecular weight excluding hydrogens is 252 g/mol. The molecule has 0 radical (unpaired) electrons. The van der Waals surface area contributed by atoms with E-state index in [1.165, 1.54) is 26.2 Å². The lowest BCUT2D eigenvalue weighted by Gasteiger charge is -2.31.